The topological polar surface area (TPSA) is 46.2 Å². The van der Waals surface area contributed by atoms with E-state index in [0.29, 0.717) is 6.54 Å². The minimum Gasteiger partial charge on any atom is -0.356 e. The van der Waals surface area contributed by atoms with Gasteiger partial charge in [-0.1, -0.05) is 50.0 Å². The lowest BCUT2D eigenvalue weighted by atomic mass is 9.64. The van der Waals surface area contributed by atoms with Gasteiger partial charge in [-0.05, 0) is 24.7 Å². The summed E-state index contributed by atoms with van der Waals surface area (Å²) in [5.41, 5.74) is -1.24. The van der Waals surface area contributed by atoms with E-state index in [1.54, 1.807) is 0 Å². The monoisotopic (exact) mass is 329 g/mol. The quantitative estimate of drug-likeness (QED) is 0.636. The molecule has 3 atom stereocenters. The van der Waals surface area contributed by atoms with Gasteiger partial charge in [-0.15, -0.1) is 0 Å². The van der Waals surface area contributed by atoms with Crippen LogP contribution in [0.3, 0.4) is 0 Å². The Kier molecular flexibility index (Phi) is 3.62. The summed E-state index contributed by atoms with van der Waals surface area (Å²) in [6, 6.07) is 0. The first-order chi connectivity index (χ1) is 8.75. The fraction of sp³-hybridized carbons (Fsp3) is 0.867. The molecule has 1 amide bonds. The number of halogens is 1. The lowest BCUT2D eigenvalue weighted by Crippen LogP contribution is -2.51. The summed E-state index contributed by atoms with van der Waals surface area (Å²) < 4.78 is 0. The van der Waals surface area contributed by atoms with E-state index in [0.717, 1.165) is 25.7 Å². The van der Waals surface area contributed by atoms with Crippen molar-refractivity contribution in [2.75, 3.05) is 6.54 Å². The molecule has 0 aromatic heterocycles. The zero-order valence-electron chi connectivity index (χ0n) is 12.3. The zero-order chi connectivity index (χ0) is 14.5. The second kappa shape index (κ2) is 4.57. The first-order valence-electron chi connectivity index (χ1n) is 7.22. The number of hydrogen-bond acceptors (Lipinski definition) is 2. The van der Waals surface area contributed by atoms with Crippen LogP contribution < -0.4 is 5.32 Å². The molecule has 2 aliphatic carbocycles. The molecule has 0 heterocycles. The minimum atomic E-state index is -0.577. The van der Waals surface area contributed by atoms with Crippen LogP contribution in [0.25, 0.3) is 0 Å². The fourth-order valence-corrected chi connectivity index (χ4v) is 5.51. The molecule has 2 rings (SSSR count). The molecule has 19 heavy (non-hydrogen) atoms. The van der Waals surface area contributed by atoms with Gasteiger partial charge in [-0.3, -0.25) is 9.59 Å². The first kappa shape index (κ1) is 15.0. The van der Waals surface area contributed by atoms with Gasteiger partial charge in [0.2, 0.25) is 5.91 Å². The molecule has 0 unspecified atom stereocenters. The van der Waals surface area contributed by atoms with Crippen molar-refractivity contribution in [2.45, 2.75) is 58.2 Å². The largest absolute Gasteiger partial charge is 0.356 e. The van der Waals surface area contributed by atoms with Gasteiger partial charge in [0.25, 0.3) is 0 Å². The van der Waals surface area contributed by atoms with Gasteiger partial charge in [-0.2, -0.15) is 0 Å². The van der Waals surface area contributed by atoms with Gasteiger partial charge in [0.1, 0.15) is 0 Å². The van der Waals surface area contributed by atoms with Crippen molar-refractivity contribution in [1.29, 1.82) is 0 Å². The smallest absolute Gasteiger partial charge is 0.228 e. The maximum atomic E-state index is 12.7. The highest BCUT2D eigenvalue weighted by Gasteiger charge is 2.76. The molecular formula is C15H24BrNO2. The van der Waals surface area contributed by atoms with Gasteiger partial charge in [-0.25, -0.2) is 0 Å². The number of ketones is 1. The predicted octanol–water partition coefficient (Wildman–Crippen LogP) is 3.06. The van der Waals surface area contributed by atoms with E-state index in [1.807, 2.05) is 6.92 Å². The number of carbonyl (C=O) groups excluding carboxylic acids is 2. The molecule has 4 heteroatoms. The van der Waals surface area contributed by atoms with Gasteiger partial charge < -0.3 is 5.32 Å². The summed E-state index contributed by atoms with van der Waals surface area (Å²) in [6.07, 6.45) is 3.67. The highest BCUT2D eigenvalue weighted by molar-refractivity contribution is 9.10. The maximum Gasteiger partial charge on any atom is 0.228 e. The Bertz CT molecular complexity index is 420. The van der Waals surface area contributed by atoms with Crippen LogP contribution in [0.15, 0.2) is 0 Å². The SMILES string of the molecule is CCCCNC(=O)[C@]12CC[C@](C)(C(=O)[C@@H]1Br)C2(C)C. The van der Waals surface area contributed by atoms with Crippen molar-refractivity contribution in [3.63, 3.8) is 0 Å². The van der Waals surface area contributed by atoms with Gasteiger partial charge in [0.05, 0.1) is 10.2 Å². The maximum absolute atomic E-state index is 12.7. The Hall–Kier alpha value is -0.380. The number of hydrogen-bond donors (Lipinski definition) is 1. The molecule has 2 fully saturated rings. The average Bonchev–Trinajstić information content (AvgIpc) is 2.62. The van der Waals surface area contributed by atoms with Crippen LogP contribution in [-0.4, -0.2) is 23.1 Å². The van der Waals surface area contributed by atoms with Crippen LogP contribution in [0.2, 0.25) is 0 Å². The summed E-state index contributed by atoms with van der Waals surface area (Å²) in [7, 11) is 0. The molecule has 0 radical (unpaired) electrons. The number of fused-ring (bicyclic) bond motifs is 2. The standard InChI is InChI=1S/C15H24BrNO2/c1-5-6-9-17-12(19)15-8-7-14(4,13(15,2)3)11(18)10(15)16/h10H,5-9H2,1-4H3,(H,17,19)/t10-,14+,15-/m0/s1. The molecule has 2 aliphatic rings. The molecule has 2 bridgehead atoms. The van der Waals surface area contributed by atoms with Crippen LogP contribution in [0, 0.1) is 16.2 Å². The van der Waals surface area contributed by atoms with Gasteiger partial charge in [0.15, 0.2) is 5.78 Å². The second-order valence-electron chi connectivity index (χ2n) is 6.76. The molecule has 3 nitrogen and oxygen atoms in total. The third-order valence-electron chi connectivity index (χ3n) is 5.94. The lowest BCUT2D eigenvalue weighted by molar-refractivity contribution is -0.135. The summed E-state index contributed by atoms with van der Waals surface area (Å²) >= 11 is 3.53. The van der Waals surface area contributed by atoms with E-state index in [2.05, 4.69) is 42.0 Å². The van der Waals surface area contributed by atoms with Crippen molar-refractivity contribution in [1.82, 2.24) is 5.32 Å². The second-order valence-corrected chi connectivity index (χ2v) is 7.68. The molecule has 1 N–H and O–H groups in total. The highest BCUT2D eigenvalue weighted by Crippen LogP contribution is 2.72. The Morgan fingerprint density at radius 1 is 1.37 bits per heavy atom. The van der Waals surface area contributed by atoms with Crippen molar-refractivity contribution in [2.24, 2.45) is 16.2 Å². The summed E-state index contributed by atoms with van der Waals surface area (Å²) in [6.45, 7) is 9.00. The zero-order valence-corrected chi connectivity index (χ0v) is 13.9. The summed E-state index contributed by atoms with van der Waals surface area (Å²) in [5.74, 6) is 0.261. The third kappa shape index (κ3) is 1.61. The van der Waals surface area contributed by atoms with Crippen LogP contribution >= 0.6 is 15.9 Å². The fourth-order valence-electron chi connectivity index (χ4n) is 3.99. The number of nitrogens with one attached hydrogen (secondary N) is 1. The van der Waals surface area contributed by atoms with E-state index >= 15 is 0 Å². The number of alkyl halides is 1. The number of amides is 1. The summed E-state index contributed by atoms with van der Waals surface area (Å²) in [4.78, 5) is 24.9. The molecule has 108 valence electrons. The average molecular weight is 330 g/mol. The van der Waals surface area contributed by atoms with Crippen molar-refractivity contribution >= 4 is 27.6 Å². The van der Waals surface area contributed by atoms with Crippen LogP contribution in [0.4, 0.5) is 0 Å². The number of rotatable bonds is 4. The number of carbonyl (C=O) groups is 2. The van der Waals surface area contributed by atoms with Gasteiger partial charge >= 0.3 is 0 Å². The Balaban J connectivity index is 2.32. The van der Waals surface area contributed by atoms with Crippen LogP contribution in [0.5, 0.6) is 0 Å². The Morgan fingerprint density at radius 3 is 2.47 bits per heavy atom. The van der Waals surface area contributed by atoms with Crippen molar-refractivity contribution in [3.05, 3.63) is 0 Å². The minimum absolute atomic E-state index is 0.0578. The van der Waals surface area contributed by atoms with E-state index in [9.17, 15) is 9.59 Å². The molecule has 0 aromatic carbocycles. The molecule has 0 aliphatic heterocycles. The van der Waals surface area contributed by atoms with Gasteiger partial charge in [0, 0.05) is 12.0 Å². The highest BCUT2D eigenvalue weighted by atomic mass is 79.9. The third-order valence-corrected chi connectivity index (χ3v) is 7.14. The van der Waals surface area contributed by atoms with Crippen LogP contribution in [0.1, 0.15) is 53.4 Å². The molecular weight excluding hydrogens is 306 g/mol. The van der Waals surface area contributed by atoms with Crippen molar-refractivity contribution < 1.29 is 9.59 Å². The predicted molar refractivity (Wildman–Crippen MR) is 79.2 cm³/mol. The number of unbranched alkanes of at least 4 members (excludes halogenated alkanes) is 1. The summed E-state index contributed by atoms with van der Waals surface area (Å²) in [5, 5.41) is 3.05. The van der Waals surface area contributed by atoms with E-state index in [4.69, 9.17) is 0 Å². The lowest BCUT2D eigenvalue weighted by Gasteiger charge is -2.39. The number of Topliss-reactive ketones (excluding diaryl/α,β-unsaturated/α-hetero) is 1. The van der Waals surface area contributed by atoms with Crippen molar-refractivity contribution in [3.8, 4) is 0 Å². The normalized spacial score (nSPS) is 39.6. The van der Waals surface area contributed by atoms with E-state index in [1.165, 1.54) is 0 Å². The molecule has 0 saturated heterocycles. The van der Waals surface area contributed by atoms with Crippen LogP contribution in [-0.2, 0) is 9.59 Å². The Labute approximate surface area is 124 Å². The molecule has 0 aromatic rings. The van der Waals surface area contributed by atoms with E-state index in [-0.39, 0.29) is 27.3 Å². The Morgan fingerprint density at radius 2 is 2.00 bits per heavy atom. The first-order valence-corrected chi connectivity index (χ1v) is 8.14. The molecule has 2 saturated carbocycles. The molecule has 0 spiro atoms. The van der Waals surface area contributed by atoms with E-state index < -0.39 is 5.41 Å².